The first-order valence-electron chi connectivity index (χ1n) is 27.7. The second-order valence-corrected chi connectivity index (χ2v) is 22.8. The number of carbonyl (C=O) groups excluding carboxylic acids is 4. The fourth-order valence-corrected chi connectivity index (χ4v) is 11.3. The molecule has 3 N–H and O–H groups in total. The topological polar surface area (TPSA) is 203 Å². The Morgan fingerprint density at radius 3 is 2.27 bits per heavy atom. The van der Waals surface area contributed by atoms with Gasteiger partial charge in [0.2, 0.25) is 5.91 Å². The maximum atomic E-state index is 14.3. The molecule has 0 spiro atoms. The number of amides is 2. The quantitative estimate of drug-likeness (QED) is 0.0354. The molecule has 2 amide bonds. The largest absolute Gasteiger partial charge is 0.391 e. The third-order valence-corrected chi connectivity index (χ3v) is 15.8. The van der Waals surface area contributed by atoms with Crippen molar-refractivity contribution in [3.8, 4) is 21.7 Å². The molecule has 19 heteroatoms. The monoisotopic (exact) mass is 1100 g/mol. The van der Waals surface area contributed by atoms with Crippen LogP contribution in [-0.4, -0.2) is 155 Å². The van der Waals surface area contributed by atoms with Crippen LogP contribution in [0.2, 0.25) is 0 Å². The summed E-state index contributed by atoms with van der Waals surface area (Å²) in [5.41, 5.74) is 10.5. The molecule has 79 heavy (non-hydrogen) atoms. The average Bonchev–Trinajstić information content (AvgIpc) is 4.39. The van der Waals surface area contributed by atoms with Crippen molar-refractivity contribution in [1.82, 2.24) is 40.1 Å². The number of hydrogen-bond donors (Lipinski definition) is 3. The van der Waals surface area contributed by atoms with Gasteiger partial charge < -0.3 is 44.2 Å². The number of aromatic nitrogens is 5. The lowest BCUT2D eigenvalue weighted by Gasteiger charge is -2.34. The number of Topliss-reactive ketones (excluding diaryl/α,β-unsaturated/α-hetero) is 2. The third kappa shape index (κ3) is 16.5. The number of aliphatic hydroxyl groups is 1. The maximum Gasteiger partial charge on any atom is 0.252 e. The van der Waals surface area contributed by atoms with E-state index < -0.39 is 29.3 Å². The molecule has 5 heterocycles. The minimum absolute atomic E-state index is 0.0269. The molecular formula is C60H77FN8O9S. The highest BCUT2D eigenvalue weighted by molar-refractivity contribution is 7.13. The molecule has 6 aromatic rings. The van der Waals surface area contributed by atoms with Crippen molar-refractivity contribution in [3.63, 3.8) is 0 Å². The number of rotatable bonds is 31. The first kappa shape index (κ1) is 59.1. The van der Waals surface area contributed by atoms with E-state index in [1.165, 1.54) is 22.6 Å². The molecule has 3 aromatic carbocycles. The van der Waals surface area contributed by atoms with Crippen molar-refractivity contribution >= 4 is 45.6 Å². The highest BCUT2D eigenvalue weighted by Crippen LogP contribution is 2.36. The van der Waals surface area contributed by atoms with Gasteiger partial charge in [-0.2, -0.15) is 0 Å². The van der Waals surface area contributed by atoms with E-state index in [0.717, 1.165) is 82.0 Å². The number of H-pyrrole nitrogens is 1. The van der Waals surface area contributed by atoms with Crippen LogP contribution in [0, 0.1) is 24.1 Å². The summed E-state index contributed by atoms with van der Waals surface area (Å²) in [5, 5.41) is 22.9. The number of nitrogens with one attached hydrogen (secondary N) is 2. The van der Waals surface area contributed by atoms with Crippen molar-refractivity contribution < 1.29 is 47.6 Å². The van der Waals surface area contributed by atoms with Crippen molar-refractivity contribution in [2.75, 3.05) is 79.5 Å². The van der Waals surface area contributed by atoms with Crippen molar-refractivity contribution in [2.45, 2.75) is 111 Å². The van der Waals surface area contributed by atoms with Gasteiger partial charge in [0, 0.05) is 74.0 Å². The fourth-order valence-electron chi connectivity index (χ4n) is 10.5. The van der Waals surface area contributed by atoms with E-state index in [-0.39, 0.29) is 62.2 Å². The van der Waals surface area contributed by atoms with E-state index in [1.807, 2.05) is 63.7 Å². The number of β-amino-alcohol motifs (C(OH)–C–C–N with tert-alkyl or cyclic N) is 1. The predicted octanol–water partition coefficient (Wildman–Crippen LogP) is 7.98. The molecule has 424 valence electrons. The molecule has 0 aliphatic carbocycles. The van der Waals surface area contributed by atoms with Crippen LogP contribution in [0.1, 0.15) is 97.7 Å². The standard InChI is InChI=1S/C60H77FN8O9S/c1-40-57(79-39-63-40)44-16-9-41(10-17-44)13-18-54(72)53-35-48(71)38-69(53)59(74)51(60(2,3)4)34-47(70)20-24-75-26-28-77-30-31-78-29-27-76-25-23-68-37-46(65-66-68)8-6-7-22-67(5)36-42-11-14-43(15-12-42)56-49-19-21-62-58(73)50-32-45(61)33-52(64-56)55(49)50/h9-12,14-17,32-33,37,39,48,51,53,64,71H,6-8,13,18-31,34-36,38H2,1-5H3,(H,62,73)/t48-,51-,53+/m1/s1. The van der Waals surface area contributed by atoms with Gasteiger partial charge in [-0.15, -0.1) is 16.4 Å². The number of thiazole rings is 1. The molecule has 0 bridgehead atoms. The van der Waals surface area contributed by atoms with Gasteiger partial charge in [-0.25, -0.2) is 14.1 Å². The lowest BCUT2D eigenvalue weighted by Crippen LogP contribution is -2.47. The Bertz CT molecular complexity index is 2970. The molecule has 0 radical (unpaired) electrons. The van der Waals surface area contributed by atoms with Gasteiger partial charge in [-0.1, -0.05) is 74.5 Å². The molecule has 8 rings (SSSR count). The molecular weight excluding hydrogens is 1030 g/mol. The number of likely N-dealkylation sites (tertiary alicyclic amines) is 1. The van der Waals surface area contributed by atoms with E-state index in [0.29, 0.717) is 83.3 Å². The Morgan fingerprint density at radius 1 is 0.886 bits per heavy atom. The molecule has 2 aliphatic heterocycles. The smallest absolute Gasteiger partial charge is 0.252 e. The number of halogens is 1. The van der Waals surface area contributed by atoms with Crippen LogP contribution in [0.4, 0.5) is 4.39 Å². The van der Waals surface area contributed by atoms with Gasteiger partial charge in [0.15, 0.2) is 5.78 Å². The van der Waals surface area contributed by atoms with Crippen LogP contribution in [0.5, 0.6) is 0 Å². The fraction of sp³-hybridized carbons (Fsp3) is 0.517. The second-order valence-electron chi connectivity index (χ2n) is 21.9. The van der Waals surface area contributed by atoms with E-state index in [2.05, 4.69) is 61.8 Å². The van der Waals surface area contributed by atoms with Gasteiger partial charge in [0.25, 0.3) is 5.91 Å². The van der Waals surface area contributed by atoms with E-state index in [9.17, 15) is 28.7 Å². The summed E-state index contributed by atoms with van der Waals surface area (Å²) in [6.07, 6.45) is 5.86. The summed E-state index contributed by atoms with van der Waals surface area (Å²) in [6, 6.07) is 18.6. The van der Waals surface area contributed by atoms with Crippen molar-refractivity contribution in [1.29, 1.82) is 0 Å². The summed E-state index contributed by atoms with van der Waals surface area (Å²) in [7, 11) is 2.12. The minimum atomic E-state index is -0.796. The van der Waals surface area contributed by atoms with Crippen molar-refractivity contribution in [2.24, 2.45) is 11.3 Å². The van der Waals surface area contributed by atoms with Crippen LogP contribution in [0.15, 0.2) is 72.4 Å². The number of aliphatic hydroxyl groups excluding tert-OH is 1. The first-order chi connectivity index (χ1) is 38.1. The van der Waals surface area contributed by atoms with Gasteiger partial charge in [-0.3, -0.25) is 19.2 Å². The average molecular weight is 1110 g/mol. The van der Waals surface area contributed by atoms with Gasteiger partial charge in [0.05, 0.1) is 98.9 Å². The molecule has 1 saturated heterocycles. The van der Waals surface area contributed by atoms with Crippen LogP contribution in [0.3, 0.4) is 0 Å². The number of aromatic amines is 1. The van der Waals surface area contributed by atoms with Crippen LogP contribution >= 0.6 is 11.3 Å². The zero-order valence-corrected chi connectivity index (χ0v) is 47.2. The summed E-state index contributed by atoms with van der Waals surface area (Å²) in [4.78, 5) is 66.0. The lowest BCUT2D eigenvalue weighted by atomic mass is 9.76. The molecule has 2 aliphatic rings. The molecule has 3 atom stereocenters. The number of benzene rings is 3. The Labute approximate surface area is 466 Å². The van der Waals surface area contributed by atoms with Crippen LogP contribution < -0.4 is 5.32 Å². The number of ketones is 2. The van der Waals surface area contributed by atoms with Crippen LogP contribution in [0.25, 0.3) is 32.6 Å². The first-order valence-corrected chi connectivity index (χ1v) is 28.6. The molecule has 0 saturated carbocycles. The highest BCUT2D eigenvalue weighted by atomic mass is 32.1. The number of hydrogen-bond acceptors (Lipinski definition) is 14. The summed E-state index contributed by atoms with van der Waals surface area (Å²) in [6.45, 7) is 13.7. The normalized spacial score (nSPS) is 16.0. The third-order valence-electron chi connectivity index (χ3n) is 14.8. The lowest BCUT2D eigenvalue weighted by molar-refractivity contribution is -0.146. The predicted molar refractivity (Wildman–Crippen MR) is 301 cm³/mol. The molecule has 0 unspecified atom stereocenters. The maximum absolute atomic E-state index is 14.3. The Kier molecular flexibility index (Phi) is 21.2. The number of nitrogens with zero attached hydrogens (tertiary/aromatic N) is 6. The van der Waals surface area contributed by atoms with Gasteiger partial charge in [0.1, 0.15) is 11.6 Å². The van der Waals surface area contributed by atoms with Crippen LogP contribution in [-0.2, 0) is 65.7 Å². The number of carbonyl (C=O) groups is 4. The Hall–Kier alpha value is -6.06. The van der Waals surface area contributed by atoms with E-state index in [4.69, 9.17) is 18.9 Å². The molecule has 1 fully saturated rings. The number of aryl methyl sites for hydroxylation is 3. The number of ether oxygens (including phenoxy) is 4. The van der Waals surface area contributed by atoms with Crippen molar-refractivity contribution in [3.05, 3.63) is 112 Å². The highest BCUT2D eigenvalue weighted by Gasteiger charge is 2.44. The summed E-state index contributed by atoms with van der Waals surface area (Å²) >= 11 is 1.59. The second kappa shape index (κ2) is 28.4. The molecule has 3 aromatic heterocycles. The van der Waals surface area contributed by atoms with E-state index >= 15 is 0 Å². The Balaban J connectivity index is 0.623. The summed E-state index contributed by atoms with van der Waals surface area (Å²) in [5.74, 6) is -1.78. The molecule has 17 nitrogen and oxygen atoms in total. The zero-order chi connectivity index (χ0) is 55.9. The minimum Gasteiger partial charge on any atom is -0.391 e. The van der Waals surface area contributed by atoms with Gasteiger partial charge >= 0.3 is 0 Å². The van der Waals surface area contributed by atoms with Gasteiger partial charge in [-0.05, 0) is 98.0 Å². The number of unbranched alkanes of at least 4 members (excludes halogenated alkanes) is 1. The summed E-state index contributed by atoms with van der Waals surface area (Å²) < 4.78 is 38.8. The van der Waals surface area contributed by atoms with E-state index in [1.54, 1.807) is 16.0 Å². The zero-order valence-electron chi connectivity index (χ0n) is 46.4. The SMILES string of the molecule is Cc1ncsc1-c1ccc(CCC(=O)[C@@H]2C[C@@H](O)CN2C(=O)[C@@H](CC(=O)CCOCCOCCOCCOCCn2cc(CCCCN(C)Cc3ccc(-c4[nH]c5cc(F)cc6c5c4CCNC6=O)cc3)nn2)C(C)(C)C)cc1. The Morgan fingerprint density at radius 2 is 1.57 bits per heavy atom.